The van der Waals surface area contributed by atoms with Gasteiger partial charge in [0.2, 0.25) is 11.7 Å². The molecule has 0 radical (unpaired) electrons. The van der Waals surface area contributed by atoms with Crippen LogP contribution < -0.4 is 5.69 Å². The highest BCUT2D eigenvalue weighted by molar-refractivity contribution is 5.80. The number of fused-ring (bicyclic) bond motifs is 1. The van der Waals surface area contributed by atoms with Crippen LogP contribution in [0.3, 0.4) is 0 Å². The molecule has 108 valence electrons. The van der Waals surface area contributed by atoms with Crippen LogP contribution in [0.1, 0.15) is 38.0 Å². The van der Waals surface area contributed by atoms with E-state index in [2.05, 4.69) is 22.0 Å². The van der Waals surface area contributed by atoms with Crippen molar-refractivity contribution in [3.8, 4) is 11.4 Å². The van der Waals surface area contributed by atoms with Crippen LogP contribution in [0.4, 0.5) is 0 Å². The molecule has 1 fully saturated rings. The molecule has 6 nitrogen and oxygen atoms in total. The summed E-state index contributed by atoms with van der Waals surface area (Å²) in [7, 11) is 0. The lowest BCUT2D eigenvalue weighted by atomic mass is 10.2. The summed E-state index contributed by atoms with van der Waals surface area (Å²) < 4.78 is 7.04. The van der Waals surface area contributed by atoms with Gasteiger partial charge in [-0.05, 0) is 37.5 Å². The van der Waals surface area contributed by atoms with Crippen LogP contribution in [0.5, 0.6) is 0 Å². The van der Waals surface area contributed by atoms with E-state index < -0.39 is 0 Å². The monoisotopic (exact) mass is 284 g/mol. The first-order chi connectivity index (χ1) is 10.3. The van der Waals surface area contributed by atoms with Gasteiger partial charge in [-0.25, -0.2) is 4.79 Å². The van der Waals surface area contributed by atoms with Crippen LogP contribution in [0, 0.1) is 0 Å². The summed E-state index contributed by atoms with van der Waals surface area (Å²) in [6.45, 7) is 2.77. The van der Waals surface area contributed by atoms with Crippen LogP contribution in [0.2, 0.25) is 0 Å². The zero-order chi connectivity index (χ0) is 14.4. The molecule has 0 saturated heterocycles. The molecular weight excluding hydrogens is 268 g/mol. The van der Waals surface area contributed by atoms with E-state index >= 15 is 0 Å². The first kappa shape index (κ1) is 12.4. The molecule has 1 N–H and O–H groups in total. The highest BCUT2D eigenvalue weighted by atomic mass is 16.5. The number of rotatable bonds is 4. The largest absolute Gasteiger partial charge is 0.339 e. The van der Waals surface area contributed by atoms with Crippen LogP contribution in [0.25, 0.3) is 22.4 Å². The molecular formula is C15H16N4O2. The minimum absolute atomic E-state index is 0.0734. The number of aromatic amines is 1. The Kier molecular flexibility index (Phi) is 2.70. The van der Waals surface area contributed by atoms with Gasteiger partial charge in [0.05, 0.1) is 11.0 Å². The Balaban J connectivity index is 1.77. The average Bonchev–Trinajstić information content (AvgIpc) is 3.13. The topological polar surface area (TPSA) is 76.7 Å². The predicted octanol–water partition coefficient (Wildman–Crippen LogP) is 2.67. The standard InChI is InChI=1S/C15H16N4O2/c1-2-7-19-12-6-5-10(8-11(12)16-15(19)20)13-17-14(21-18-13)9-3-4-9/h5-6,8-9H,2-4,7H2,1H3,(H,16,20). The molecule has 1 aliphatic rings. The third-order valence-corrected chi connectivity index (χ3v) is 3.85. The third kappa shape index (κ3) is 2.07. The number of hydrogen-bond donors (Lipinski definition) is 1. The lowest BCUT2D eigenvalue weighted by molar-refractivity contribution is 0.380. The first-order valence-corrected chi connectivity index (χ1v) is 7.33. The van der Waals surface area contributed by atoms with Crippen molar-refractivity contribution < 1.29 is 4.52 Å². The van der Waals surface area contributed by atoms with Gasteiger partial charge in [-0.2, -0.15) is 4.98 Å². The fourth-order valence-corrected chi connectivity index (χ4v) is 2.60. The van der Waals surface area contributed by atoms with Crippen molar-refractivity contribution in [1.82, 2.24) is 19.7 Å². The van der Waals surface area contributed by atoms with E-state index in [0.717, 1.165) is 41.8 Å². The van der Waals surface area contributed by atoms with E-state index in [4.69, 9.17) is 4.52 Å². The van der Waals surface area contributed by atoms with Gasteiger partial charge in [0.1, 0.15) is 0 Å². The van der Waals surface area contributed by atoms with E-state index in [1.807, 2.05) is 18.2 Å². The summed E-state index contributed by atoms with van der Waals surface area (Å²) in [5.74, 6) is 1.76. The lowest BCUT2D eigenvalue weighted by Gasteiger charge is -2.00. The van der Waals surface area contributed by atoms with Gasteiger partial charge in [-0.1, -0.05) is 12.1 Å². The molecule has 1 aromatic carbocycles. The van der Waals surface area contributed by atoms with Crippen molar-refractivity contribution in [3.63, 3.8) is 0 Å². The number of H-pyrrole nitrogens is 1. The number of benzene rings is 1. The first-order valence-electron chi connectivity index (χ1n) is 7.33. The average molecular weight is 284 g/mol. The van der Waals surface area contributed by atoms with E-state index in [-0.39, 0.29) is 5.69 Å². The second-order valence-electron chi connectivity index (χ2n) is 5.54. The maximum absolute atomic E-state index is 11.9. The number of aryl methyl sites for hydroxylation is 1. The minimum atomic E-state index is -0.0734. The molecule has 0 bridgehead atoms. The number of nitrogens with one attached hydrogen (secondary N) is 1. The Labute approximate surface area is 120 Å². The molecule has 4 rings (SSSR count). The summed E-state index contributed by atoms with van der Waals surface area (Å²) >= 11 is 0. The molecule has 2 aromatic heterocycles. The summed E-state index contributed by atoms with van der Waals surface area (Å²) in [4.78, 5) is 19.3. The zero-order valence-corrected chi connectivity index (χ0v) is 11.8. The number of aromatic nitrogens is 4. The minimum Gasteiger partial charge on any atom is -0.339 e. The van der Waals surface area contributed by atoms with E-state index in [9.17, 15) is 4.79 Å². The second kappa shape index (κ2) is 4.58. The fourth-order valence-electron chi connectivity index (χ4n) is 2.60. The van der Waals surface area contributed by atoms with Gasteiger partial charge in [0.15, 0.2) is 0 Å². The fraction of sp³-hybridized carbons (Fsp3) is 0.400. The Bertz CT molecular complexity index is 854. The molecule has 2 heterocycles. The van der Waals surface area contributed by atoms with E-state index in [1.165, 1.54) is 0 Å². The molecule has 0 amide bonds. The van der Waals surface area contributed by atoms with Gasteiger partial charge in [0.25, 0.3) is 0 Å². The summed E-state index contributed by atoms with van der Waals surface area (Å²) in [5, 5.41) is 4.04. The Morgan fingerprint density at radius 3 is 3.05 bits per heavy atom. The van der Waals surface area contributed by atoms with Crippen molar-refractivity contribution in [2.45, 2.75) is 38.6 Å². The van der Waals surface area contributed by atoms with Gasteiger partial charge in [-0.3, -0.25) is 4.57 Å². The van der Waals surface area contributed by atoms with Gasteiger partial charge in [-0.15, -0.1) is 0 Å². The van der Waals surface area contributed by atoms with Crippen LogP contribution in [0.15, 0.2) is 27.5 Å². The number of nitrogens with zero attached hydrogens (tertiary/aromatic N) is 3. The quantitative estimate of drug-likeness (QED) is 0.799. The molecule has 21 heavy (non-hydrogen) atoms. The van der Waals surface area contributed by atoms with Crippen LogP contribution in [-0.2, 0) is 6.54 Å². The molecule has 0 atom stereocenters. The van der Waals surface area contributed by atoms with E-state index in [1.54, 1.807) is 4.57 Å². The van der Waals surface area contributed by atoms with Crippen molar-refractivity contribution in [2.24, 2.45) is 0 Å². The van der Waals surface area contributed by atoms with Crippen LogP contribution >= 0.6 is 0 Å². The maximum atomic E-state index is 11.9. The van der Waals surface area contributed by atoms with E-state index in [0.29, 0.717) is 18.3 Å². The molecule has 0 aliphatic heterocycles. The van der Waals surface area contributed by atoms with Gasteiger partial charge < -0.3 is 9.51 Å². The number of imidazole rings is 1. The Morgan fingerprint density at radius 2 is 2.29 bits per heavy atom. The highest BCUT2D eigenvalue weighted by Crippen LogP contribution is 2.39. The van der Waals surface area contributed by atoms with Gasteiger partial charge >= 0.3 is 5.69 Å². The highest BCUT2D eigenvalue weighted by Gasteiger charge is 2.29. The third-order valence-electron chi connectivity index (χ3n) is 3.85. The maximum Gasteiger partial charge on any atom is 0.326 e. The predicted molar refractivity (Wildman–Crippen MR) is 78.1 cm³/mol. The molecule has 1 saturated carbocycles. The molecule has 1 aliphatic carbocycles. The van der Waals surface area contributed by atoms with Crippen molar-refractivity contribution in [3.05, 3.63) is 34.6 Å². The smallest absolute Gasteiger partial charge is 0.326 e. The van der Waals surface area contributed by atoms with Gasteiger partial charge in [0, 0.05) is 18.0 Å². The number of hydrogen-bond acceptors (Lipinski definition) is 4. The normalized spacial score (nSPS) is 14.9. The Hall–Kier alpha value is -2.37. The zero-order valence-electron chi connectivity index (χ0n) is 11.8. The molecule has 0 spiro atoms. The lowest BCUT2D eigenvalue weighted by Crippen LogP contribution is -2.16. The second-order valence-corrected chi connectivity index (χ2v) is 5.54. The van der Waals surface area contributed by atoms with Crippen molar-refractivity contribution in [1.29, 1.82) is 0 Å². The molecule has 6 heteroatoms. The Morgan fingerprint density at radius 1 is 1.43 bits per heavy atom. The summed E-state index contributed by atoms with van der Waals surface area (Å²) in [6.07, 6.45) is 3.19. The summed E-state index contributed by atoms with van der Waals surface area (Å²) in [5.41, 5.74) is 2.51. The summed E-state index contributed by atoms with van der Waals surface area (Å²) in [6, 6.07) is 5.78. The SMILES string of the molecule is CCCn1c(=O)[nH]c2cc(-c3noc(C4CC4)n3)ccc21. The van der Waals surface area contributed by atoms with Crippen molar-refractivity contribution >= 4 is 11.0 Å². The molecule has 3 aromatic rings. The van der Waals surface area contributed by atoms with Crippen LogP contribution in [-0.4, -0.2) is 19.7 Å². The molecule has 0 unspecified atom stereocenters. The van der Waals surface area contributed by atoms with Crippen molar-refractivity contribution in [2.75, 3.05) is 0 Å².